The van der Waals surface area contributed by atoms with E-state index in [4.69, 9.17) is 4.52 Å². The molecule has 2 rings (SSSR count). The van der Waals surface area contributed by atoms with Gasteiger partial charge < -0.3 is 9.63 Å². The van der Waals surface area contributed by atoms with Crippen molar-refractivity contribution in [3.63, 3.8) is 0 Å². The average Bonchev–Trinajstić information content (AvgIpc) is 2.75. The van der Waals surface area contributed by atoms with E-state index in [1.54, 1.807) is 30.0 Å². The first kappa shape index (κ1) is 11.0. The maximum atomic E-state index is 9.62. The molecule has 0 saturated heterocycles. The molecular formula is C11H12N2O2S. The van der Waals surface area contributed by atoms with Gasteiger partial charge in [-0.1, -0.05) is 24.2 Å². The number of nitrogens with zero attached hydrogens (tertiary/aromatic N) is 2. The number of aromatic nitrogens is 2. The topological polar surface area (TPSA) is 59.2 Å². The van der Waals surface area contributed by atoms with Crippen LogP contribution in [-0.4, -0.2) is 21.0 Å². The van der Waals surface area contributed by atoms with Crippen LogP contribution >= 0.6 is 11.8 Å². The van der Waals surface area contributed by atoms with Gasteiger partial charge in [0, 0.05) is 0 Å². The van der Waals surface area contributed by atoms with Crippen molar-refractivity contribution in [2.24, 2.45) is 0 Å². The summed E-state index contributed by atoms with van der Waals surface area (Å²) in [5.74, 6) is 2.92. The lowest BCUT2D eigenvalue weighted by Crippen LogP contribution is -1.84. The van der Waals surface area contributed by atoms with Crippen molar-refractivity contribution >= 4 is 11.8 Å². The summed E-state index contributed by atoms with van der Waals surface area (Å²) in [6, 6.07) is 6.92. The zero-order valence-electron chi connectivity index (χ0n) is 8.88. The van der Waals surface area contributed by atoms with Gasteiger partial charge in [-0.05, 0) is 17.9 Å². The van der Waals surface area contributed by atoms with Crippen LogP contribution in [0.1, 0.15) is 12.7 Å². The quantitative estimate of drug-likeness (QED) is 0.884. The molecule has 0 fully saturated rings. The molecule has 5 heteroatoms. The highest BCUT2D eigenvalue weighted by atomic mass is 32.2. The lowest BCUT2D eigenvalue weighted by molar-refractivity contribution is 0.419. The predicted octanol–water partition coefficient (Wildman–Crippen LogP) is 2.70. The van der Waals surface area contributed by atoms with Gasteiger partial charge in [-0.3, -0.25) is 0 Å². The van der Waals surface area contributed by atoms with E-state index in [2.05, 4.69) is 17.1 Å². The van der Waals surface area contributed by atoms with Gasteiger partial charge in [0.05, 0.1) is 11.3 Å². The number of benzene rings is 1. The van der Waals surface area contributed by atoms with Crippen LogP contribution in [0.4, 0.5) is 0 Å². The van der Waals surface area contributed by atoms with Crippen LogP contribution in [0.5, 0.6) is 5.75 Å². The number of hydrogen-bond acceptors (Lipinski definition) is 5. The Kier molecular flexibility index (Phi) is 3.46. The van der Waals surface area contributed by atoms with Crippen LogP contribution in [0.2, 0.25) is 0 Å². The lowest BCUT2D eigenvalue weighted by atomic mass is 10.2. The highest BCUT2D eigenvalue weighted by Gasteiger charge is 2.11. The minimum absolute atomic E-state index is 0.154. The molecule has 0 aliphatic heterocycles. The molecule has 0 saturated carbocycles. The summed E-state index contributed by atoms with van der Waals surface area (Å²) in [5.41, 5.74) is 0.572. The Morgan fingerprint density at radius 1 is 1.38 bits per heavy atom. The van der Waals surface area contributed by atoms with E-state index in [0.29, 0.717) is 17.3 Å². The fourth-order valence-corrected chi connectivity index (χ4v) is 1.77. The second-order valence-electron chi connectivity index (χ2n) is 3.17. The normalized spacial score (nSPS) is 10.6. The fraction of sp³-hybridized carbons (Fsp3) is 0.273. The minimum Gasteiger partial charge on any atom is -0.507 e. The molecule has 0 amide bonds. The summed E-state index contributed by atoms with van der Waals surface area (Å²) >= 11 is 1.73. The van der Waals surface area contributed by atoms with E-state index >= 15 is 0 Å². The number of thioether (sulfide) groups is 1. The summed E-state index contributed by atoms with van der Waals surface area (Å²) in [6.07, 6.45) is 0. The van der Waals surface area contributed by atoms with Crippen molar-refractivity contribution in [3.05, 3.63) is 30.1 Å². The Morgan fingerprint density at radius 3 is 2.94 bits per heavy atom. The molecule has 4 nitrogen and oxygen atoms in total. The van der Waals surface area contributed by atoms with E-state index in [1.807, 2.05) is 6.07 Å². The Hall–Kier alpha value is -1.49. The second-order valence-corrected chi connectivity index (χ2v) is 4.44. The van der Waals surface area contributed by atoms with Gasteiger partial charge in [0.15, 0.2) is 5.82 Å². The van der Waals surface area contributed by atoms with Crippen LogP contribution in [0.15, 0.2) is 28.8 Å². The first-order valence-corrected chi connectivity index (χ1v) is 6.15. The molecule has 1 aromatic heterocycles. The SMILES string of the molecule is CCSCc1noc(-c2ccccc2O)n1. The smallest absolute Gasteiger partial charge is 0.261 e. The Balaban J connectivity index is 2.22. The van der Waals surface area contributed by atoms with E-state index in [-0.39, 0.29) is 5.75 Å². The summed E-state index contributed by atoms with van der Waals surface area (Å²) < 4.78 is 5.09. The molecule has 2 aromatic rings. The van der Waals surface area contributed by atoms with Gasteiger partial charge in [0.1, 0.15) is 5.75 Å². The molecule has 0 radical (unpaired) electrons. The van der Waals surface area contributed by atoms with Crippen LogP contribution < -0.4 is 0 Å². The van der Waals surface area contributed by atoms with Crippen LogP contribution in [-0.2, 0) is 5.75 Å². The Morgan fingerprint density at radius 2 is 2.19 bits per heavy atom. The molecule has 0 bridgehead atoms. The number of aromatic hydroxyl groups is 1. The van der Waals surface area contributed by atoms with Gasteiger partial charge in [0.25, 0.3) is 5.89 Å². The van der Waals surface area contributed by atoms with Crippen LogP contribution in [0, 0.1) is 0 Å². The third-order valence-electron chi connectivity index (χ3n) is 2.04. The van der Waals surface area contributed by atoms with Crippen molar-refractivity contribution in [3.8, 4) is 17.2 Å². The lowest BCUT2D eigenvalue weighted by Gasteiger charge is -1.96. The standard InChI is InChI=1S/C11H12N2O2S/c1-2-16-7-10-12-11(15-13-10)8-5-3-4-6-9(8)14/h3-6,14H,2,7H2,1H3. The molecular weight excluding hydrogens is 224 g/mol. The summed E-state index contributed by atoms with van der Waals surface area (Å²) in [4.78, 5) is 4.22. The Bertz CT molecular complexity index is 471. The molecule has 0 aliphatic rings. The first-order chi connectivity index (χ1) is 7.81. The zero-order valence-corrected chi connectivity index (χ0v) is 9.70. The second kappa shape index (κ2) is 5.03. The molecule has 0 atom stereocenters. The number of para-hydroxylation sites is 1. The highest BCUT2D eigenvalue weighted by molar-refractivity contribution is 7.98. The summed E-state index contributed by atoms with van der Waals surface area (Å²) in [5, 5.41) is 13.5. The monoisotopic (exact) mass is 236 g/mol. The maximum Gasteiger partial charge on any atom is 0.261 e. The van der Waals surface area contributed by atoms with Crippen LogP contribution in [0.25, 0.3) is 11.5 Å². The highest BCUT2D eigenvalue weighted by Crippen LogP contribution is 2.27. The molecule has 1 aromatic carbocycles. The van der Waals surface area contributed by atoms with E-state index < -0.39 is 0 Å². The van der Waals surface area contributed by atoms with Crippen LogP contribution in [0.3, 0.4) is 0 Å². The molecule has 1 N–H and O–H groups in total. The van der Waals surface area contributed by atoms with Crippen molar-refractivity contribution < 1.29 is 9.63 Å². The van der Waals surface area contributed by atoms with Crippen molar-refractivity contribution in [2.75, 3.05) is 5.75 Å². The third kappa shape index (κ3) is 2.36. The molecule has 1 heterocycles. The third-order valence-corrected chi connectivity index (χ3v) is 2.91. The number of phenolic OH excluding ortho intramolecular Hbond substituents is 1. The molecule has 0 aliphatic carbocycles. The fourth-order valence-electron chi connectivity index (χ4n) is 1.27. The molecule has 16 heavy (non-hydrogen) atoms. The predicted molar refractivity (Wildman–Crippen MR) is 63.2 cm³/mol. The van der Waals surface area contributed by atoms with E-state index in [9.17, 15) is 5.11 Å². The van der Waals surface area contributed by atoms with Crippen molar-refractivity contribution in [2.45, 2.75) is 12.7 Å². The van der Waals surface area contributed by atoms with Crippen molar-refractivity contribution in [1.29, 1.82) is 0 Å². The average molecular weight is 236 g/mol. The van der Waals surface area contributed by atoms with Gasteiger partial charge >= 0.3 is 0 Å². The minimum atomic E-state index is 0.154. The summed E-state index contributed by atoms with van der Waals surface area (Å²) in [7, 11) is 0. The summed E-state index contributed by atoms with van der Waals surface area (Å²) in [6.45, 7) is 2.08. The van der Waals surface area contributed by atoms with E-state index in [1.165, 1.54) is 0 Å². The largest absolute Gasteiger partial charge is 0.507 e. The van der Waals surface area contributed by atoms with E-state index in [0.717, 1.165) is 11.5 Å². The van der Waals surface area contributed by atoms with Gasteiger partial charge in [-0.25, -0.2) is 0 Å². The maximum absolute atomic E-state index is 9.62. The van der Waals surface area contributed by atoms with Gasteiger partial charge in [0.2, 0.25) is 0 Å². The molecule has 0 unspecified atom stereocenters. The first-order valence-electron chi connectivity index (χ1n) is 5.00. The van der Waals surface area contributed by atoms with Crippen molar-refractivity contribution in [1.82, 2.24) is 10.1 Å². The zero-order chi connectivity index (χ0) is 11.4. The molecule has 0 spiro atoms. The van der Waals surface area contributed by atoms with Gasteiger partial charge in [-0.2, -0.15) is 16.7 Å². The van der Waals surface area contributed by atoms with Gasteiger partial charge in [-0.15, -0.1) is 0 Å². The molecule has 84 valence electrons. The number of phenols is 1. The number of hydrogen-bond donors (Lipinski definition) is 1. The number of rotatable bonds is 4. The Labute approximate surface area is 97.7 Å².